The first-order valence-corrected chi connectivity index (χ1v) is 5.11. The van der Waals surface area contributed by atoms with Crippen LogP contribution in [-0.4, -0.2) is 25.5 Å². The van der Waals surface area contributed by atoms with Crippen molar-refractivity contribution in [3.8, 4) is 0 Å². The van der Waals surface area contributed by atoms with Crippen LogP contribution >= 0.6 is 0 Å². The fourth-order valence-corrected chi connectivity index (χ4v) is 1.13. The highest BCUT2D eigenvalue weighted by Gasteiger charge is 2.04. The van der Waals surface area contributed by atoms with E-state index in [0.29, 0.717) is 5.92 Å². The zero-order chi connectivity index (χ0) is 11.1. The SMILES string of the molecule is C=C/C(C)=C\C(=C)C(C)CCN(C)C. The molecule has 0 saturated heterocycles. The van der Waals surface area contributed by atoms with Gasteiger partial charge in [0, 0.05) is 0 Å². The lowest BCUT2D eigenvalue weighted by Crippen LogP contribution is -2.16. The summed E-state index contributed by atoms with van der Waals surface area (Å²) in [5.41, 5.74) is 2.39. The first-order chi connectivity index (χ1) is 6.47. The molecule has 0 radical (unpaired) electrons. The number of hydrogen-bond acceptors (Lipinski definition) is 1. The molecule has 1 unspecified atom stereocenters. The van der Waals surface area contributed by atoms with Crippen molar-refractivity contribution in [2.75, 3.05) is 20.6 Å². The van der Waals surface area contributed by atoms with Crippen molar-refractivity contribution in [3.63, 3.8) is 0 Å². The summed E-state index contributed by atoms with van der Waals surface area (Å²) in [5.74, 6) is 0.548. The van der Waals surface area contributed by atoms with Crippen LogP contribution < -0.4 is 0 Å². The van der Waals surface area contributed by atoms with Crippen LogP contribution in [0.2, 0.25) is 0 Å². The molecule has 0 N–H and O–H groups in total. The minimum Gasteiger partial charge on any atom is -0.309 e. The lowest BCUT2D eigenvalue weighted by molar-refractivity contribution is 0.377. The quantitative estimate of drug-likeness (QED) is 0.585. The van der Waals surface area contributed by atoms with Gasteiger partial charge in [0.25, 0.3) is 0 Å². The molecule has 0 fully saturated rings. The summed E-state index contributed by atoms with van der Waals surface area (Å²) in [7, 11) is 4.20. The minimum atomic E-state index is 0.548. The van der Waals surface area contributed by atoms with Crippen LogP contribution in [0.1, 0.15) is 20.3 Å². The Hall–Kier alpha value is -0.820. The van der Waals surface area contributed by atoms with E-state index in [4.69, 9.17) is 0 Å². The molecule has 0 bridgehead atoms. The summed E-state index contributed by atoms with van der Waals surface area (Å²) in [6, 6.07) is 0. The van der Waals surface area contributed by atoms with E-state index < -0.39 is 0 Å². The van der Waals surface area contributed by atoms with Crippen molar-refractivity contribution in [3.05, 3.63) is 36.5 Å². The van der Waals surface area contributed by atoms with Crippen LogP contribution in [-0.2, 0) is 0 Å². The molecule has 0 spiro atoms. The van der Waals surface area contributed by atoms with Gasteiger partial charge in [0.2, 0.25) is 0 Å². The molecular weight excluding hydrogens is 170 g/mol. The molecule has 0 aromatic carbocycles. The van der Waals surface area contributed by atoms with Gasteiger partial charge in [0.05, 0.1) is 0 Å². The maximum absolute atomic E-state index is 4.08. The standard InChI is InChI=1S/C13H23N/c1-7-11(2)10-13(4)12(3)8-9-14(5)6/h7,10,12H,1,4,8-9H2,2-3,5-6H3/b11-10-. The lowest BCUT2D eigenvalue weighted by atomic mass is 9.97. The van der Waals surface area contributed by atoms with Gasteiger partial charge in [-0.1, -0.05) is 43.4 Å². The molecule has 1 heteroatoms. The van der Waals surface area contributed by atoms with Gasteiger partial charge in [0.15, 0.2) is 0 Å². The van der Waals surface area contributed by atoms with Crippen molar-refractivity contribution in [2.45, 2.75) is 20.3 Å². The van der Waals surface area contributed by atoms with Crippen molar-refractivity contribution >= 4 is 0 Å². The second-order valence-electron chi connectivity index (χ2n) is 4.16. The van der Waals surface area contributed by atoms with Gasteiger partial charge in [-0.3, -0.25) is 0 Å². The molecule has 80 valence electrons. The molecule has 14 heavy (non-hydrogen) atoms. The molecule has 0 saturated carbocycles. The second-order valence-corrected chi connectivity index (χ2v) is 4.16. The van der Waals surface area contributed by atoms with E-state index >= 15 is 0 Å². The summed E-state index contributed by atoms with van der Waals surface area (Å²) < 4.78 is 0. The monoisotopic (exact) mass is 193 g/mol. The third-order valence-electron chi connectivity index (χ3n) is 2.38. The molecule has 0 aliphatic carbocycles. The smallest absolute Gasteiger partial charge is 0.00191 e. The zero-order valence-electron chi connectivity index (χ0n) is 10.0. The van der Waals surface area contributed by atoms with E-state index in [1.165, 1.54) is 11.1 Å². The third-order valence-corrected chi connectivity index (χ3v) is 2.38. The molecule has 1 nitrogen and oxygen atoms in total. The van der Waals surface area contributed by atoms with Gasteiger partial charge in [-0.25, -0.2) is 0 Å². The average Bonchev–Trinajstić information content (AvgIpc) is 2.13. The topological polar surface area (TPSA) is 3.24 Å². The average molecular weight is 193 g/mol. The normalized spacial score (nSPS) is 14.2. The first kappa shape index (κ1) is 13.2. The Morgan fingerprint density at radius 1 is 1.43 bits per heavy atom. The Morgan fingerprint density at radius 3 is 2.43 bits per heavy atom. The molecule has 0 aromatic rings. The van der Waals surface area contributed by atoms with E-state index in [1.54, 1.807) is 0 Å². The number of allylic oxidation sites excluding steroid dienone is 4. The fourth-order valence-electron chi connectivity index (χ4n) is 1.13. The summed E-state index contributed by atoms with van der Waals surface area (Å²) in [6.45, 7) is 13.2. The third kappa shape index (κ3) is 5.76. The number of rotatable bonds is 6. The molecule has 1 atom stereocenters. The van der Waals surface area contributed by atoms with E-state index in [1.807, 2.05) is 6.08 Å². The van der Waals surface area contributed by atoms with Gasteiger partial charge in [-0.15, -0.1) is 0 Å². The van der Waals surface area contributed by atoms with Gasteiger partial charge >= 0.3 is 0 Å². The Labute approximate surface area is 88.8 Å². The highest BCUT2D eigenvalue weighted by Crippen LogP contribution is 2.16. The van der Waals surface area contributed by atoms with Gasteiger partial charge in [0.1, 0.15) is 0 Å². The number of nitrogens with zero attached hydrogens (tertiary/aromatic N) is 1. The summed E-state index contributed by atoms with van der Waals surface area (Å²) in [4.78, 5) is 2.20. The van der Waals surface area contributed by atoms with Crippen molar-refractivity contribution in [1.82, 2.24) is 4.90 Å². The Kier molecular flexibility index (Phi) is 6.22. The molecular formula is C13H23N. The Morgan fingerprint density at radius 2 is 2.00 bits per heavy atom. The Balaban J connectivity index is 4.06. The van der Waals surface area contributed by atoms with Gasteiger partial charge in [-0.05, 0) is 39.9 Å². The van der Waals surface area contributed by atoms with E-state index in [2.05, 4.69) is 52.1 Å². The van der Waals surface area contributed by atoms with Gasteiger partial charge < -0.3 is 4.90 Å². The lowest BCUT2D eigenvalue weighted by Gasteiger charge is -2.15. The highest BCUT2D eigenvalue weighted by molar-refractivity contribution is 5.27. The van der Waals surface area contributed by atoms with Crippen LogP contribution in [0.15, 0.2) is 36.5 Å². The van der Waals surface area contributed by atoms with Crippen LogP contribution in [0.4, 0.5) is 0 Å². The van der Waals surface area contributed by atoms with Crippen molar-refractivity contribution < 1.29 is 0 Å². The predicted octanol–water partition coefficient (Wildman–Crippen LogP) is 3.26. The van der Waals surface area contributed by atoms with E-state index in [0.717, 1.165) is 13.0 Å². The summed E-state index contributed by atoms with van der Waals surface area (Å²) in [6.07, 6.45) is 5.14. The largest absolute Gasteiger partial charge is 0.309 e. The van der Waals surface area contributed by atoms with Crippen molar-refractivity contribution in [2.24, 2.45) is 5.92 Å². The van der Waals surface area contributed by atoms with E-state index in [9.17, 15) is 0 Å². The van der Waals surface area contributed by atoms with Crippen LogP contribution in [0.3, 0.4) is 0 Å². The predicted molar refractivity (Wildman–Crippen MR) is 65.4 cm³/mol. The van der Waals surface area contributed by atoms with Crippen LogP contribution in [0.5, 0.6) is 0 Å². The van der Waals surface area contributed by atoms with E-state index in [-0.39, 0.29) is 0 Å². The summed E-state index contributed by atoms with van der Waals surface area (Å²) in [5, 5.41) is 0. The Bertz CT molecular complexity index is 223. The van der Waals surface area contributed by atoms with Crippen molar-refractivity contribution in [1.29, 1.82) is 0 Å². The minimum absolute atomic E-state index is 0.548. The maximum Gasteiger partial charge on any atom is -0.00191 e. The highest BCUT2D eigenvalue weighted by atomic mass is 15.0. The van der Waals surface area contributed by atoms with Crippen LogP contribution in [0, 0.1) is 5.92 Å². The second kappa shape index (κ2) is 6.61. The van der Waals surface area contributed by atoms with Gasteiger partial charge in [-0.2, -0.15) is 0 Å². The molecule has 0 amide bonds. The maximum atomic E-state index is 4.08. The molecule has 0 rings (SSSR count). The fraction of sp³-hybridized carbons (Fsp3) is 0.538. The molecule has 0 aromatic heterocycles. The molecule has 0 aliphatic heterocycles. The summed E-state index contributed by atoms with van der Waals surface area (Å²) >= 11 is 0. The zero-order valence-corrected chi connectivity index (χ0v) is 10.0. The van der Waals surface area contributed by atoms with Crippen LogP contribution in [0.25, 0.3) is 0 Å². The molecule has 0 aliphatic rings. The first-order valence-electron chi connectivity index (χ1n) is 5.11. The molecule has 0 heterocycles. The number of hydrogen-bond donors (Lipinski definition) is 0.